The first kappa shape index (κ1) is 28.2. The van der Waals surface area contributed by atoms with E-state index < -0.39 is 28.2 Å². The van der Waals surface area contributed by atoms with E-state index in [2.05, 4.69) is 14.9 Å². The van der Waals surface area contributed by atoms with Crippen LogP contribution < -0.4 is 19.9 Å². The fraction of sp³-hybridized carbons (Fsp3) is 0.444. The molecule has 4 rings (SSSR count). The average Bonchev–Trinajstić information content (AvgIpc) is 3.16. The molecule has 12 heteroatoms. The van der Waals surface area contributed by atoms with E-state index in [1.165, 1.54) is 17.0 Å². The molecule has 2 aromatic carbocycles. The molecule has 2 fully saturated rings. The Morgan fingerprint density at radius 3 is 2.31 bits per heavy atom. The number of carbonyl (C=O) groups excluding carboxylic acids is 2. The van der Waals surface area contributed by atoms with E-state index in [1.54, 1.807) is 43.4 Å². The molecule has 3 amide bonds. The summed E-state index contributed by atoms with van der Waals surface area (Å²) in [6.07, 6.45) is 0.371. The second-order valence-electron chi connectivity index (χ2n) is 10.2. The van der Waals surface area contributed by atoms with Crippen molar-refractivity contribution < 1.29 is 27.9 Å². The van der Waals surface area contributed by atoms with Crippen molar-refractivity contribution in [2.45, 2.75) is 36.7 Å². The van der Waals surface area contributed by atoms with Gasteiger partial charge in [0.15, 0.2) is 0 Å². The van der Waals surface area contributed by atoms with Crippen molar-refractivity contribution in [1.29, 1.82) is 5.26 Å². The monoisotopic (exact) mass is 554 g/mol. The fourth-order valence-corrected chi connectivity index (χ4v) is 6.60. The van der Waals surface area contributed by atoms with Crippen LogP contribution >= 0.6 is 0 Å². The Hall–Kier alpha value is -3.82. The fourth-order valence-electron chi connectivity index (χ4n) is 5.61. The van der Waals surface area contributed by atoms with Crippen LogP contribution in [0.2, 0.25) is 0 Å². The predicted octanol–water partition coefficient (Wildman–Crippen LogP) is 1.29. The van der Waals surface area contributed by atoms with Crippen LogP contribution in [0.25, 0.3) is 0 Å². The summed E-state index contributed by atoms with van der Waals surface area (Å²) >= 11 is 0. The maximum absolute atomic E-state index is 13.0. The van der Waals surface area contributed by atoms with E-state index in [1.807, 2.05) is 13.0 Å². The lowest BCUT2D eigenvalue weighted by atomic mass is 9.91. The van der Waals surface area contributed by atoms with Gasteiger partial charge >= 0.3 is 6.03 Å². The first-order valence-electron chi connectivity index (χ1n) is 12.7. The lowest BCUT2D eigenvalue weighted by Gasteiger charge is -2.43. The van der Waals surface area contributed by atoms with Crippen molar-refractivity contribution >= 4 is 22.1 Å². The molecule has 0 spiro atoms. The number of benzene rings is 2. The van der Waals surface area contributed by atoms with E-state index in [0.717, 1.165) is 18.4 Å². The van der Waals surface area contributed by atoms with Gasteiger partial charge in [-0.25, -0.2) is 17.9 Å². The summed E-state index contributed by atoms with van der Waals surface area (Å²) in [5, 5.41) is 22.7. The highest BCUT2D eigenvalue weighted by molar-refractivity contribution is 7.90. The summed E-state index contributed by atoms with van der Waals surface area (Å²) in [6.45, 7) is 3.58. The van der Waals surface area contributed by atoms with Gasteiger partial charge in [0.2, 0.25) is 0 Å². The SMILES string of the molecule is Cc1ccc(S(=O)(=O)NC(=O)N(C)C2C3CCC2CN(C[C@@H](COc2ccc(C#N)cc2)NC(=O)[O-])C3)cc1. The molecule has 1 saturated heterocycles. The number of fused-ring (bicyclic) bond motifs is 2. The van der Waals surface area contributed by atoms with Crippen LogP contribution in [0.5, 0.6) is 5.75 Å². The normalized spacial score (nSPS) is 21.4. The summed E-state index contributed by atoms with van der Waals surface area (Å²) in [5.74, 6) is 0.750. The Balaban J connectivity index is 1.35. The predicted molar refractivity (Wildman–Crippen MR) is 140 cm³/mol. The number of rotatable bonds is 9. The number of nitriles is 1. The number of hydrogen-bond donors (Lipinski definition) is 2. The van der Waals surface area contributed by atoms with Gasteiger partial charge in [0.1, 0.15) is 18.4 Å². The van der Waals surface area contributed by atoms with E-state index in [4.69, 9.17) is 10.00 Å². The van der Waals surface area contributed by atoms with Crippen molar-refractivity contribution in [3.05, 3.63) is 59.7 Å². The van der Waals surface area contributed by atoms with Gasteiger partial charge < -0.3 is 29.8 Å². The third-order valence-corrected chi connectivity index (χ3v) is 8.75. The smallest absolute Gasteiger partial charge is 0.331 e. The van der Waals surface area contributed by atoms with E-state index in [0.29, 0.717) is 30.9 Å². The molecule has 0 aromatic heterocycles. The van der Waals surface area contributed by atoms with Crippen molar-refractivity contribution in [3.8, 4) is 11.8 Å². The molecule has 0 radical (unpaired) electrons. The van der Waals surface area contributed by atoms with Crippen LogP contribution in [-0.2, 0) is 10.0 Å². The number of aryl methyl sites for hydroxylation is 1. The molecule has 1 heterocycles. The molecule has 2 aromatic rings. The molecule has 1 aliphatic heterocycles. The highest BCUT2D eigenvalue weighted by Gasteiger charge is 2.45. The molecule has 1 aliphatic carbocycles. The third kappa shape index (κ3) is 6.99. The van der Waals surface area contributed by atoms with Gasteiger partial charge in [-0.05, 0) is 68.0 Å². The summed E-state index contributed by atoms with van der Waals surface area (Å²) in [7, 11) is -2.37. The van der Waals surface area contributed by atoms with E-state index in [9.17, 15) is 23.1 Å². The largest absolute Gasteiger partial charge is 0.530 e. The van der Waals surface area contributed by atoms with Gasteiger partial charge in [-0.15, -0.1) is 0 Å². The maximum atomic E-state index is 13.0. The lowest BCUT2D eigenvalue weighted by molar-refractivity contribution is -0.252. The lowest BCUT2D eigenvalue weighted by Crippen LogP contribution is -2.58. The second-order valence-corrected chi connectivity index (χ2v) is 11.9. The van der Waals surface area contributed by atoms with Crippen molar-refractivity contribution in [3.63, 3.8) is 0 Å². The molecule has 208 valence electrons. The Morgan fingerprint density at radius 2 is 1.74 bits per heavy atom. The Labute approximate surface area is 228 Å². The number of carboxylic acid groups (broad SMARTS) is 1. The highest BCUT2D eigenvalue weighted by Crippen LogP contribution is 2.39. The number of sulfonamides is 1. The van der Waals surface area contributed by atoms with Crippen LogP contribution in [0.4, 0.5) is 9.59 Å². The van der Waals surface area contributed by atoms with Crippen molar-refractivity contribution in [1.82, 2.24) is 19.8 Å². The Bertz CT molecular complexity index is 1310. The first-order valence-corrected chi connectivity index (χ1v) is 14.2. The molecule has 1 saturated carbocycles. The number of nitrogens with zero attached hydrogens (tertiary/aromatic N) is 3. The quantitative estimate of drug-likeness (QED) is 0.470. The zero-order chi connectivity index (χ0) is 28.2. The summed E-state index contributed by atoms with van der Waals surface area (Å²) in [6, 6.07) is 13.5. The Kier molecular flexibility index (Phi) is 8.62. The van der Waals surface area contributed by atoms with Gasteiger partial charge in [0.05, 0.1) is 22.6 Å². The zero-order valence-corrected chi connectivity index (χ0v) is 22.7. The van der Waals surface area contributed by atoms with Crippen LogP contribution in [0.1, 0.15) is 24.0 Å². The molecule has 2 unspecified atom stereocenters. The van der Waals surface area contributed by atoms with Gasteiger partial charge in [-0.1, -0.05) is 17.7 Å². The van der Waals surface area contributed by atoms with E-state index >= 15 is 0 Å². The van der Waals surface area contributed by atoms with Gasteiger partial charge in [-0.2, -0.15) is 5.26 Å². The molecule has 2 aliphatic rings. The molecule has 3 atom stereocenters. The minimum absolute atomic E-state index is 0.0299. The summed E-state index contributed by atoms with van der Waals surface area (Å²) in [5.41, 5.74) is 1.41. The topological polar surface area (TPSA) is 155 Å². The van der Waals surface area contributed by atoms with Crippen LogP contribution in [0.15, 0.2) is 53.4 Å². The van der Waals surface area contributed by atoms with Crippen LogP contribution in [0.3, 0.4) is 0 Å². The molecular weight excluding hydrogens is 522 g/mol. The van der Waals surface area contributed by atoms with Crippen molar-refractivity contribution in [2.24, 2.45) is 11.8 Å². The third-order valence-electron chi connectivity index (χ3n) is 7.42. The number of piperidine rings is 1. The first-order chi connectivity index (χ1) is 18.6. The van der Waals surface area contributed by atoms with Gasteiger partial charge in [0, 0.05) is 32.7 Å². The summed E-state index contributed by atoms with van der Waals surface area (Å²) in [4.78, 5) is 27.9. The summed E-state index contributed by atoms with van der Waals surface area (Å²) < 4.78 is 33.4. The number of carbonyl (C=O) groups is 2. The number of likely N-dealkylation sites (tertiary alicyclic amines) is 1. The number of hydrogen-bond acceptors (Lipinski definition) is 8. The van der Waals surface area contributed by atoms with Crippen molar-refractivity contribution in [2.75, 3.05) is 33.3 Å². The molecule has 2 bridgehead atoms. The molecule has 11 nitrogen and oxygen atoms in total. The maximum Gasteiger partial charge on any atom is 0.331 e. The van der Waals surface area contributed by atoms with Crippen LogP contribution in [0, 0.1) is 30.1 Å². The minimum Gasteiger partial charge on any atom is -0.530 e. The number of amides is 3. The highest BCUT2D eigenvalue weighted by atomic mass is 32.2. The Morgan fingerprint density at radius 1 is 1.13 bits per heavy atom. The van der Waals surface area contributed by atoms with Gasteiger partial charge in [-0.3, -0.25) is 0 Å². The number of ether oxygens (including phenoxy) is 1. The van der Waals surface area contributed by atoms with Gasteiger partial charge in [0.25, 0.3) is 10.0 Å². The number of urea groups is 1. The second kappa shape index (κ2) is 11.9. The average molecular weight is 555 g/mol. The molecule has 39 heavy (non-hydrogen) atoms. The zero-order valence-electron chi connectivity index (χ0n) is 21.9. The van der Waals surface area contributed by atoms with Crippen LogP contribution in [-0.4, -0.2) is 75.7 Å². The molecule has 2 N–H and O–H groups in total. The van der Waals surface area contributed by atoms with E-state index in [-0.39, 0.29) is 29.4 Å². The molecular formula is C27H32N5O6S-. The number of nitrogens with one attached hydrogen (secondary N) is 2. The minimum atomic E-state index is -4.00. The standard InChI is InChI=1S/C27H33N5O6S/c1-18-3-11-24(12-4-18)39(36,37)30-26(33)31(2)25-20-7-8-21(25)15-32(14-20)16-22(29-27(34)35)17-38-23-9-5-19(13-28)6-10-23/h3-6,9-12,20-22,25,29H,7-8,14-17H2,1-2H3,(H,30,33)(H,34,35)/p-1/t20?,21?,22-,25?/m0/s1.